The van der Waals surface area contributed by atoms with Gasteiger partial charge in [0.15, 0.2) is 5.76 Å². The number of hydrogen-bond donors (Lipinski definition) is 2. The fourth-order valence-electron chi connectivity index (χ4n) is 3.27. The van der Waals surface area contributed by atoms with Crippen LogP contribution < -0.4 is 4.90 Å². The maximum Gasteiger partial charge on any atom is 0.294 e. The topological polar surface area (TPSA) is 77.8 Å². The predicted octanol–water partition coefficient (Wildman–Crippen LogP) is 4.51. The number of halogens is 2. The second-order valence-electron chi connectivity index (χ2n) is 6.33. The van der Waals surface area contributed by atoms with E-state index in [0.717, 1.165) is 28.4 Å². The van der Waals surface area contributed by atoms with Crippen LogP contribution in [0, 0.1) is 11.6 Å². The molecule has 2 aromatic carbocycles. The molecule has 0 fully saturated rings. The molecular weight excluding hydrogens is 400 g/mol. The number of amides is 1. The van der Waals surface area contributed by atoms with Gasteiger partial charge < -0.3 is 10.2 Å². The summed E-state index contributed by atoms with van der Waals surface area (Å²) in [4.78, 5) is 27.1. The number of aliphatic hydroxyl groups is 1. The Morgan fingerprint density at radius 2 is 1.76 bits per heavy atom. The number of carbonyl (C=O) groups is 2. The Morgan fingerprint density at radius 3 is 2.38 bits per heavy atom. The number of phenolic OH excluding ortho intramolecular Hbond substituents is 1. The van der Waals surface area contributed by atoms with Crippen molar-refractivity contribution in [3.05, 3.63) is 93.4 Å². The Kier molecular flexibility index (Phi) is 4.63. The van der Waals surface area contributed by atoms with Gasteiger partial charge in [-0.25, -0.2) is 8.78 Å². The van der Waals surface area contributed by atoms with Crippen molar-refractivity contribution in [1.29, 1.82) is 0 Å². The quantitative estimate of drug-likeness (QED) is 0.617. The number of ketones is 1. The molecule has 0 aliphatic carbocycles. The van der Waals surface area contributed by atoms with Crippen LogP contribution in [0.25, 0.3) is 0 Å². The smallest absolute Gasteiger partial charge is 0.294 e. The summed E-state index contributed by atoms with van der Waals surface area (Å²) in [6, 6.07) is 10.3. The van der Waals surface area contributed by atoms with Gasteiger partial charge >= 0.3 is 0 Å². The van der Waals surface area contributed by atoms with Gasteiger partial charge in [0.2, 0.25) is 5.78 Å². The van der Waals surface area contributed by atoms with Crippen LogP contribution in [-0.2, 0) is 4.79 Å². The third-order valence-corrected chi connectivity index (χ3v) is 5.44. The average molecular weight is 413 g/mol. The maximum atomic E-state index is 14.5. The molecule has 0 saturated carbocycles. The van der Waals surface area contributed by atoms with Crippen molar-refractivity contribution in [2.24, 2.45) is 0 Å². The number of rotatable bonds is 4. The molecular formula is C21H13F2NO4S. The Labute approximate surface area is 167 Å². The van der Waals surface area contributed by atoms with E-state index in [1.807, 2.05) is 0 Å². The SMILES string of the molecule is O=C(C1=C(O)C(=O)N(c2ccc(F)cc2F)C1c1ccc(O)cc1)c1cccs1. The zero-order chi connectivity index (χ0) is 20.7. The summed E-state index contributed by atoms with van der Waals surface area (Å²) in [5, 5.41) is 21.8. The molecule has 1 amide bonds. The molecule has 4 rings (SSSR count). The third-order valence-electron chi connectivity index (χ3n) is 4.58. The molecule has 0 saturated heterocycles. The fourth-order valence-corrected chi connectivity index (χ4v) is 3.95. The standard InChI is InChI=1S/C21H13F2NO4S/c22-12-5-8-15(14(23)10-12)24-18(11-3-6-13(25)7-4-11)17(20(27)21(24)28)19(26)16-2-1-9-29-16/h1-10,18,25,27H. The van der Waals surface area contributed by atoms with Crippen LogP contribution in [0.15, 0.2) is 71.3 Å². The normalized spacial score (nSPS) is 16.6. The average Bonchev–Trinajstić information content (AvgIpc) is 3.31. The molecule has 1 atom stereocenters. The molecule has 146 valence electrons. The lowest BCUT2D eigenvalue weighted by atomic mass is 9.95. The Hall–Kier alpha value is -3.52. The van der Waals surface area contributed by atoms with Crippen molar-refractivity contribution < 1.29 is 28.6 Å². The molecule has 2 N–H and O–H groups in total. The third kappa shape index (κ3) is 3.17. The van der Waals surface area contributed by atoms with Crippen molar-refractivity contribution >= 4 is 28.7 Å². The number of hydrogen-bond acceptors (Lipinski definition) is 5. The van der Waals surface area contributed by atoms with E-state index in [1.165, 1.54) is 24.3 Å². The highest BCUT2D eigenvalue weighted by atomic mass is 32.1. The summed E-state index contributed by atoms with van der Waals surface area (Å²) in [6.45, 7) is 0. The van der Waals surface area contributed by atoms with Crippen molar-refractivity contribution in [3.63, 3.8) is 0 Å². The molecule has 1 aliphatic rings. The first-order chi connectivity index (χ1) is 13.9. The largest absolute Gasteiger partial charge is 0.508 e. The molecule has 3 aromatic rings. The molecule has 1 aromatic heterocycles. The maximum absolute atomic E-state index is 14.5. The van der Waals surface area contributed by atoms with Crippen LogP contribution in [0.4, 0.5) is 14.5 Å². The lowest BCUT2D eigenvalue weighted by Crippen LogP contribution is -2.31. The molecule has 29 heavy (non-hydrogen) atoms. The van der Waals surface area contributed by atoms with Gasteiger partial charge in [0.25, 0.3) is 5.91 Å². The van der Waals surface area contributed by atoms with Gasteiger partial charge in [-0.15, -0.1) is 11.3 Å². The minimum Gasteiger partial charge on any atom is -0.508 e. The van der Waals surface area contributed by atoms with Crippen molar-refractivity contribution in [2.45, 2.75) is 6.04 Å². The first-order valence-corrected chi connectivity index (χ1v) is 9.35. The number of benzene rings is 2. The predicted molar refractivity (Wildman–Crippen MR) is 103 cm³/mol. The number of aromatic hydroxyl groups is 1. The first kappa shape index (κ1) is 18.8. The van der Waals surface area contributed by atoms with Gasteiger partial charge in [0, 0.05) is 6.07 Å². The van der Waals surface area contributed by atoms with E-state index < -0.39 is 35.1 Å². The minimum atomic E-state index is -1.15. The molecule has 0 radical (unpaired) electrons. The van der Waals surface area contributed by atoms with E-state index in [9.17, 15) is 28.6 Å². The van der Waals surface area contributed by atoms with E-state index in [1.54, 1.807) is 17.5 Å². The molecule has 0 spiro atoms. The van der Waals surface area contributed by atoms with E-state index in [0.29, 0.717) is 16.5 Å². The molecule has 5 nitrogen and oxygen atoms in total. The van der Waals surface area contributed by atoms with E-state index in [4.69, 9.17) is 0 Å². The van der Waals surface area contributed by atoms with E-state index >= 15 is 0 Å². The second-order valence-corrected chi connectivity index (χ2v) is 7.28. The highest BCUT2D eigenvalue weighted by Gasteiger charge is 2.45. The molecule has 1 aliphatic heterocycles. The molecule has 1 unspecified atom stereocenters. The Morgan fingerprint density at radius 1 is 1.03 bits per heavy atom. The minimum absolute atomic E-state index is 0.0445. The number of anilines is 1. The summed E-state index contributed by atoms with van der Waals surface area (Å²) < 4.78 is 27.9. The number of phenols is 1. The Bertz CT molecular complexity index is 1140. The summed E-state index contributed by atoms with van der Waals surface area (Å²) in [5.74, 6) is -4.24. The van der Waals surface area contributed by atoms with Gasteiger partial charge in [-0.3, -0.25) is 14.5 Å². The van der Waals surface area contributed by atoms with Crippen molar-refractivity contribution in [3.8, 4) is 5.75 Å². The summed E-state index contributed by atoms with van der Waals surface area (Å²) in [5.41, 5.74) is -0.134. The second kappa shape index (κ2) is 7.14. The number of thiophene rings is 1. The van der Waals surface area contributed by atoms with Crippen molar-refractivity contribution in [1.82, 2.24) is 0 Å². The molecule has 0 bridgehead atoms. The number of carbonyl (C=O) groups excluding carboxylic acids is 2. The van der Waals surface area contributed by atoms with Crippen molar-refractivity contribution in [2.75, 3.05) is 4.90 Å². The molecule has 8 heteroatoms. The van der Waals surface area contributed by atoms with E-state index in [-0.39, 0.29) is 17.0 Å². The van der Waals surface area contributed by atoms with Gasteiger partial charge in [-0.05, 0) is 41.3 Å². The fraction of sp³-hybridized carbons (Fsp3) is 0.0476. The zero-order valence-corrected chi connectivity index (χ0v) is 15.5. The van der Waals surface area contributed by atoms with Crippen LogP contribution in [0.3, 0.4) is 0 Å². The summed E-state index contributed by atoms with van der Waals surface area (Å²) in [6.07, 6.45) is 0. The first-order valence-electron chi connectivity index (χ1n) is 8.47. The number of nitrogens with zero attached hydrogens (tertiary/aromatic N) is 1. The number of aliphatic hydroxyl groups excluding tert-OH is 1. The lowest BCUT2D eigenvalue weighted by molar-refractivity contribution is -0.117. The molecule has 2 heterocycles. The summed E-state index contributed by atoms with van der Waals surface area (Å²) in [7, 11) is 0. The Balaban J connectivity index is 1.91. The van der Waals surface area contributed by atoms with Crippen LogP contribution in [0.5, 0.6) is 5.75 Å². The number of Topliss-reactive ketones (excluding diaryl/α,β-unsaturated/α-hetero) is 1. The van der Waals surface area contributed by atoms with Gasteiger partial charge in [-0.1, -0.05) is 18.2 Å². The highest BCUT2D eigenvalue weighted by Crippen LogP contribution is 2.43. The van der Waals surface area contributed by atoms with Crippen LogP contribution in [0.2, 0.25) is 0 Å². The monoisotopic (exact) mass is 413 g/mol. The van der Waals surface area contributed by atoms with E-state index in [2.05, 4.69) is 0 Å². The van der Waals surface area contributed by atoms with Crippen LogP contribution in [0.1, 0.15) is 21.3 Å². The highest BCUT2D eigenvalue weighted by molar-refractivity contribution is 7.12. The van der Waals surface area contributed by atoms with Crippen LogP contribution in [-0.4, -0.2) is 21.9 Å². The van der Waals surface area contributed by atoms with Gasteiger partial charge in [-0.2, -0.15) is 0 Å². The van der Waals surface area contributed by atoms with Gasteiger partial charge in [0.1, 0.15) is 17.4 Å². The lowest BCUT2D eigenvalue weighted by Gasteiger charge is -2.27. The van der Waals surface area contributed by atoms with Gasteiger partial charge in [0.05, 0.1) is 22.2 Å². The van der Waals surface area contributed by atoms with Crippen LogP contribution >= 0.6 is 11.3 Å². The summed E-state index contributed by atoms with van der Waals surface area (Å²) >= 11 is 1.13. The zero-order valence-electron chi connectivity index (χ0n) is 14.7.